The number of aromatic nitrogens is 2. The zero-order valence-electron chi connectivity index (χ0n) is 11.9. The van der Waals surface area contributed by atoms with E-state index in [-0.39, 0.29) is 11.5 Å². The van der Waals surface area contributed by atoms with E-state index in [1.807, 2.05) is 11.8 Å². The van der Waals surface area contributed by atoms with Crippen LogP contribution in [0.3, 0.4) is 0 Å². The molecule has 2 N–H and O–H groups in total. The number of nitro groups is 1. The molecule has 0 saturated carbocycles. The molecule has 1 heterocycles. The third-order valence-corrected chi connectivity index (χ3v) is 3.45. The Morgan fingerprint density at radius 2 is 2.10 bits per heavy atom. The number of nitrogens with zero attached hydrogens (tertiary/aromatic N) is 3. The number of rotatable bonds is 10. The molecule has 0 fully saturated rings. The Balaban J connectivity index is 2.43. The molecule has 0 aliphatic carbocycles. The van der Waals surface area contributed by atoms with Gasteiger partial charge in [-0.1, -0.05) is 12.8 Å². The van der Waals surface area contributed by atoms with Gasteiger partial charge in [0.1, 0.15) is 6.20 Å². The molecule has 1 aromatic rings. The lowest BCUT2D eigenvalue weighted by molar-refractivity contribution is -0.384. The second-order valence-electron chi connectivity index (χ2n) is 4.27. The molecular formula is C12H21N5O2S. The molecular weight excluding hydrogens is 278 g/mol. The van der Waals surface area contributed by atoms with Crippen molar-refractivity contribution in [1.29, 1.82) is 0 Å². The van der Waals surface area contributed by atoms with Crippen LogP contribution in [0.15, 0.2) is 6.20 Å². The van der Waals surface area contributed by atoms with Crippen LogP contribution in [0.4, 0.5) is 17.5 Å². The lowest BCUT2D eigenvalue weighted by Gasteiger charge is -2.07. The first-order valence-corrected chi connectivity index (χ1v) is 8.00. The van der Waals surface area contributed by atoms with Crippen molar-refractivity contribution in [3.05, 3.63) is 16.3 Å². The van der Waals surface area contributed by atoms with Gasteiger partial charge in [0.25, 0.3) is 0 Å². The first kappa shape index (κ1) is 16.5. The van der Waals surface area contributed by atoms with E-state index < -0.39 is 4.92 Å². The van der Waals surface area contributed by atoms with Crippen molar-refractivity contribution in [2.24, 2.45) is 0 Å². The van der Waals surface area contributed by atoms with Gasteiger partial charge in [0.15, 0.2) is 0 Å². The van der Waals surface area contributed by atoms with E-state index in [4.69, 9.17) is 0 Å². The lowest BCUT2D eigenvalue weighted by atomic mass is 10.2. The molecule has 20 heavy (non-hydrogen) atoms. The Morgan fingerprint density at radius 3 is 2.75 bits per heavy atom. The quantitative estimate of drug-likeness (QED) is 0.390. The zero-order chi connectivity index (χ0) is 14.8. The van der Waals surface area contributed by atoms with Crippen LogP contribution in [-0.4, -0.2) is 40.5 Å². The summed E-state index contributed by atoms with van der Waals surface area (Å²) in [4.78, 5) is 18.4. The minimum Gasteiger partial charge on any atom is -0.364 e. The van der Waals surface area contributed by atoms with Gasteiger partial charge in [-0.15, -0.1) is 0 Å². The predicted molar refractivity (Wildman–Crippen MR) is 83.6 cm³/mol. The average Bonchev–Trinajstić information content (AvgIpc) is 2.45. The van der Waals surface area contributed by atoms with Gasteiger partial charge in [-0.3, -0.25) is 10.1 Å². The van der Waals surface area contributed by atoms with Gasteiger partial charge in [-0.05, 0) is 24.9 Å². The van der Waals surface area contributed by atoms with Gasteiger partial charge in [0.2, 0.25) is 11.8 Å². The van der Waals surface area contributed by atoms with Crippen molar-refractivity contribution in [2.45, 2.75) is 25.7 Å². The van der Waals surface area contributed by atoms with Crippen LogP contribution in [-0.2, 0) is 0 Å². The molecule has 1 rings (SSSR count). The highest BCUT2D eigenvalue weighted by atomic mass is 32.2. The van der Waals surface area contributed by atoms with Crippen LogP contribution in [0.5, 0.6) is 0 Å². The topological polar surface area (TPSA) is 93.0 Å². The number of nitrogens with one attached hydrogen (secondary N) is 2. The molecule has 8 heteroatoms. The SMILES string of the molecule is CNc1ncc([N+](=O)[O-])c(NCCCCCCSC)n1. The maximum absolute atomic E-state index is 10.9. The van der Waals surface area contributed by atoms with E-state index >= 15 is 0 Å². The summed E-state index contributed by atoms with van der Waals surface area (Å²) >= 11 is 1.86. The van der Waals surface area contributed by atoms with E-state index in [1.54, 1.807) is 7.05 Å². The normalized spacial score (nSPS) is 10.3. The van der Waals surface area contributed by atoms with Crippen LogP contribution in [0.1, 0.15) is 25.7 Å². The summed E-state index contributed by atoms with van der Waals surface area (Å²) in [6.07, 6.45) is 7.83. The highest BCUT2D eigenvalue weighted by Crippen LogP contribution is 2.21. The van der Waals surface area contributed by atoms with Crippen molar-refractivity contribution in [1.82, 2.24) is 9.97 Å². The van der Waals surface area contributed by atoms with Crippen LogP contribution in [0, 0.1) is 10.1 Å². The largest absolute Gasteiger partial charge is 0.364 e. The second kappa shape index (κ2) is 9.35. The third kappa shape index (κ3) is 5.60. The Labute approximate surface area is 123 Å². The number of thioether (sulfide) groups is 1. The van der Waals surface area contributed by atoms with E-state index in [0.29, 0.717) is 12.5 Å². The fraction of sp³-hybridized carbons (Fsp3) is 0.667. The molecule has 0 radical (unpaired) electrons. The molecule has 7 nitrogen and oxygen atoms in total. The van der Waals surface area contributed by atoms with E-state index in [1.165, 1.54) is 24.8 Å². The zero-order valence-corrected chi connectivity index (χ0v) is 12.7. The molecule has 0 aromatic carbocycles. The maximum atomic E-state index is 10.9. The predicted octanol–water partition coefficient (Wildman–Crippen LogP) is 2.76. The molecule has 0 atom stereocenters. The molecule has 0 aliphatic rings. The standard InChI is InChI=1S/C12H21N5O2S/c1-13-12-15-9-10(17(18)19)11(16-12)14-7-5-3-4-6-8-20-2/h9H,3-8H2,1-2H3,(H2,13,14,15,16). The Morgan fingerprint density at radius 1 is 1.35 bits per heavy atom. The highest BCUT2D eigenvalue weighted by molar-refractivity contribution is 7.98. The Hall–Kier alpha value is -1.57. The van der Waals surface area contributed by atoms with Crippen molar-refractivity contribution >= 4 is 29.2 Å². The van der Waals surface area contributed by atoms with Crippen LogP contribution >= 0.6 is 11.8 Å². The van der Waals surface area contributed by atoms with Gasteiger partial charge in [-0.25, -0.2) is 4.98 Å². The number of hydrogen-bond acceptors (Lipinski definition) is 7. The van der Waals surface area contributed by atoms with E-state index in [2.05, 4.69) is 26.9 Å². The van der Waals surface area contributed by atoms with Gasteiger partial charge in [0.05, 0.1) is 4.92 Å². The molecule has 0 aliphatic heterocycles. The average molecular weight is 299 g/mol. The van der Waals surface area contributed by atoms with Crippen molar-refractivity contribution < 1.29 is 4.92 Å². The van der Waals surface area contributed by atoms with Crippen molar-refractivity contribution in [2.75, 3.05) is 36.2 Å². The maximum Gasteiger partial charge on any atom is 0.329 e. The van der Waals surface area contributed by atoms with E-state index in [0.717, 1.165) is 12.8 Å². The van der Waals surface area contributed by atoms with Crippen LogP contribution in [0.2, 0.25) is 0 Å². The Bertz CT molecular complexity index is 430. The first-order valence-electron chi connectivity index (χ1n) is 6.61. The summed E-state index contributed by atoms with van der Waals surface area (Å²) in [6.45, 7) is 0.681. The number of anilines is 2. The highest BCUT2D eigenvalue weighted by Gasteiger charge is 2.16. The number of unbranched alkanes of at least 4 members (excludes halogenated alkanes) is 3. The molecule has 0 spiro atoms. The third-order valence-electron chi connectivity index (χ3n) is 2.76. The summed E-state index contributed by atoms with van der Waals surface area (Å²) in [7, 11) is 1.68. The number of hydrogen-bond donors (Lipinski definition) is 2. The summed E-state index contributed by atoms with van der Waals surface area (Å²) in [5.41, 5.74) is -0.0913. The van der Waals surface area contributed by atoms with Gasteiger partial charge < -0.3 is 10.6 Å². The summed E-state index contributed by atoms with van der Waals surface area (Å²) < 4.78 is 0. The minimum atomic E-state index is -0.472. The second-order valence-corrected chi connectivity index (χ2v) is 5.25. The minimum absolute atomic E-state index is 0.0913. The summed E-state index contributed by atoms with van der Waals surface area (Å²) in [6, 6.07) is 0. The summed E-state index contributed by atoms with van der Waals surface area (Å²) in [5, 5.41) is 16.7. The van der Waals surface area contributed by atoms with Gasteiger partial charge >= 0.3 is 5.69 Å². The van der Waals surface area contributed by atoms with Crippen LogP contribution in [0.25, 0.3) is 0 Å². The molecule has 0 saturated heterocycles. The molecule has 0 amide bonds. The van der Waals surface area contributed by atoms with Crippen molar-refractivity contribution in [3.8, 4) is 0 Å². The fourth-order valence-corrected chi connectivity index (χ4v) is 2.18. The van der Waals surface area contributed by atoms with Crippen molar-refractivity contribution in [3.63, 3.8) is 0 Å². The Kier molecular flexibility index (Phi) is 7.71. The lowest BCUT2D eigenvalue weighted by Crippen LogP contribution is -2.08. The van der Waals surface area contributed by atoms with E-state index in [9.17, 15) is 10.1 Å². The molecule has 0 unspecified atom stereocenters. The molecule has 1 aromatic heterocycles. The van der Waals surface area contributed by atoms with Gasteiger partial charge in [0, 0.05) is 13.6 Å². The van der Waals surface area contributed by atoms with Crippen LogP contribution < -0.4 is 10.6 Å². The molecule has 112 valence electrons. The first-order chi connectivity index (χ1) is 9.69. The monoisotopic (exact) mass is 299 g/mol. The fourth-order valence-electron chi connectivity index (χ4n) is 1.69. The van der Waals surface area contributed by atoms with Gasteiger partial charge in [-0.2, -0.15) is 16.7 Å². The summed E-state index contributed by atoms with van der Waals surface area (Å²) in [5.74, 6) is 1.84. The smallest absolute Gasteiger partial charge is 0.329 e. The molecule has 0 bridgehead atoms.